The molecule has 4 nitrogen and oxygen atoms in total. The average molecular weight is 262 g/mol. The van der Waals surface area contributed by atoms with E-state index in [1.165, 1.54) is 0 Å². The molecule has 1 aliphatic rings. The lowest BCUT2D eigenvalue weighted by Gasteiger charge is -2.19. The van der Waals surface area contributed by atoms with Crippen molar-refractivity contribution < 1.29 is 9.53 Å². The van der Waals surface area contributed by atoms with Crippen LogP contribution in [0.4, 0.5) is 0 Å². The van der Waals surface area contributed by atoms with Gasteiger partial charge in [0.25, 0.3) is 0 Å². The van der Waals surface area contributed by atoms with Crippen molar-refractivity contribution in [2.45, 2.75) is 31.7 Å². The molecule has 2 N–H and O–H groups in total. The Morgan fingerprint density at radius 2 is 2.16 bits per heavy atom. The van der Waals surface area contributed by atoms with E-state index in [1.807, 2.05) is 29.2 Å². The maximum absolute atomic E-state index is 12.1. The smallest absolute Gasteiger partial charge is 0.223 e. The molecule has 2 atom stereocenters. The van der Waals surface area contributed by atoms with Gasteiger partial charge in [-0.1, -0.05) is 19.1 Å². The van der Waals surface area contributed by atoms with E-state index in [9.17, 15) is 4.79 Å². The van der Waals surface area contributed by atoms with Gasteiger partial charge in [-0.3, -0.25) is 4.79 Å². The Morgan fingerprint density at radius 1 is 1.47 bits per heavy atom. The largest absolute Gasteiger partial charge is 0.497 e. The molecule has 0 bridgehead atoms. The zero-order valence-electron chi connectivity index (χ0n) is 11.6. The summed E-state index contributed by atoms with van der Waals surface area (Å²) in [5, 5.41) is 0. The maximum Gasteiger partial charge on any atom is 0.223 e. The van der Waals surface area contributed by atoms with E-state index in [-0.39, 0.29) is 17.9 Å². The van der Waals surface area contributed by atoms with Crippen LogP contribution in [-0.2, 0) is 4.79 Å². The van der Waals surface area contributed by atoms with Gasteiger partial charge in [-0.2, -0.15) is 0 Å². The van der Waals surface area contributed by atoms with Crippen molar-refractivity contribution in [1.29, 1.82) is 0 Å². The van der Waals surface area contributed by atoms with E-state index < -0.39 is 0 Å². The summed E-state index contributed by atoms with van der Waals surface area (Å²) >= 11 is 0. The van der Waals surface area contributed by atoms with Crippen LogP contribution in [-0.4, -0.2) is 37.0 Å². The first-order chi connectivity index (χ1) is 9.10. The highest BCUT2D eigenvalue weighted by atomic mass is 16.5. The molecule has 19 heavy (non-hydrogen) atoms. The fraction of sp³-hybridized carbons (Fsp3) is 0.533. The number of amides is 1. The summed E-state index contributed by atoms with van der Waals surface area (Å²) in [6.07, 6.45) is 1.46. The van der Waals surface area contributed by atoms with Gasteiger partial charge in [0.1, 0.15) is 5.75 Å². The molecule has 1 heterocycles. The van der Waals surface area contributed by atoms with E-state index in [1.54, 1.807) is 7.11 Å². The fourth-order valence-electron chi connectivity index (χ4n) is 2.46. The maximum atomic E-state index is 12.1. The van der Waals surface area contributed by atoms with Gasteiger partial charge < -0.3 is 15.4 Å². The summed E-state index contributed by atoms with van der Waals surface area (Å²) < 4.78 is 5.13. The van der Waals surface area contributed by atoms with Crippen LogP contribution in [0, 0.1) is 0 Å². The molecule has 1 unspecified atom stereocenters. The molecule has 1 aromatic rings. The van der Waals surface area contributed by atoms with Crippen LogP contribution in [0.1, 0.15) is 31.2 Å². The second-order valence-electron chi connectivity index (χ2n) is 5.27. The Bertz CT molecular complexity index is 430. The molecule has 1 saturated heterocycles. The molecule has 0 spiro atoms. The minimum absolute atomic E-state index is 0.153. The molecular formula is C15H22N2O2. The van der Waals surface area contributed by atoms with E-state index >= 15 is 0 Å². The van der Waals surface area contributed by atoms with Crippen LogP contribution in [0.5, 0.6) is 5.75 Å². The number of rotatable bonds is 4. The summed E-state index contributed by atoms with van der Waals surface area (Å²) in [4.78, 5) is 14.0. The summed E-state index contributed by atoms with van der Waals surface area (Å²) in [7, 11) is 1.65. The third-order valence-electron chi connectivity index (χ3n) is 3.74. The van der Waals surface area contributed by atoms with Gasteiger partial charge in [0, 0.05) is 25.6 Å². The van der Waals surface area contributed by atoms with Gasteiger partial charge >= 0.3 is 0 Å². The van der Waals surface area contributed by atoms with Crippen LogP contribution < -0.4 is 10.5 Å². The predicted molar refractivity (Wildman–Crippen MR) is 75.2 cm³/mol. The minimum atomic E-state index is 0.153. The molecule has 1 fully saturated rings. The molecule has 1 aliphatic heterocycles. The number of hydrogen-bond donors (Lipinski definition) is 1. The molecule has 1 amide bonds. The van der Waals surface area contributed by atoms with Crippen molar-refractivity contribution in [3.63, 3.8) is 0 Å². The first-order valence-electron chi connectivity index (χ1n) is 6.77. The Kier molecular flexibility index (Phi) is 4.43. The van der Waals surface area contributed by atoms with E-state index in [4.69, 9.17) is 10.5 Å². The van der Waals surface area contributed by atoms with Crippen molar-refractivity contribution in [1.82, 2.24) is 4.90 Å². The van der Waals surface area contributed by atoms with Gasteiger partial charge in [0.2, 0.25) is 5.91 Å². The van der Waals surface area contributed by atoms with Crippen LogP contribution in [0.3, 0.4) is 0 Å². The lowest BCUT2D eigenvalue weighted by atomic mass is 9.97. The van der Waals surface area contributed by atoms with Gasteiger partial charge in [-0.15, -0.1) is 0 Å². The van der Waals surface area contributed by atoms with Crippen LogP contribution in [0.25, 0.3) is 0 Å². The third kappa shape index (κ3) is 3.47. The number of nitrogens with zero attached hydrogens (tertiary/aromatic N) is 1. The summed E-state index contributed by atoms with van der Waals surface area (Å²) in [6, 6.07) is 8.06. The van der Waals surface area contributed by atoms with Crippen molar-refractivity contribution in [3.05, 3.63) is 29.8 Å². The van der Waals surface area contributed by atoms with E-state index in [0.717, 1.165) is 24.3 Å². The number of benzene rings is 1. The first kappa shape index (κ1) is 13.9. The first-order valence-corrected chi connectivity index (χ1v) is 6.77. The number of methoxy groups -OCH3 is 1. The minimum Gasteiger partial charge on any atom is -0.497 e. The molecule has 104 valence electrons. The molecular weight excluding hydrogens is 240 g/mol. The number of nitrogens with two attached hydrogens (primary N) is 1. The SMILES string of the molecule is COc1ccc(C(C)CC(=O)N2CC[C@H](N)C2)cc1. The molecule has 0 saturated carbocycles. The van der Waals surface area contributed by atoms with Gasteiger partial charge in [-0.05, 0) is 30.0 Å². The second kappa shape index (κ2) is 6.06. The molecule has 4 heteroatoms. The number of likely N-dealkylation sites (tertiary alicyclic amines) is 1. The van der Waals surface area contributed by atoms with Gasteiger partial charge in [-0.25, -0.2) is 0 Å². The Labute approximate surface area is 114 Å². The monoisotopic (exact) mass is 262 g/mol. The van der Waals surface area contributed by atoms with Crippen molar-refractivity contribution >= 4 is 5.91 Å². The quantitative estimate of drug-likeness (QED) is 0.899. The molecule has 1 aromatic carbocycles. The second-order valence-corrected chi connectivity index (χ2v) is 5.27. The average Bonchev–Trinajstić information content (AvgIpc) is 2.85. The van der Waals surface area contributed by atoms with E-state index in [0.29, 0.717) is 13.0 Å². The zero-order valence-corrected chi connectivity index (χ0v) is 11.6. The summed E-state index contributed by atoms with van der Waals surface area (Å²) in [5.74, 6) is 1.26. The van der Waals surface area contributed by atoms with Crippen LogP contribution >= 0.6 is 0 Å². The number of carbonyl (C=O) groups is 1. The normalized spacial score (nSPS) is 20.4. The molecule has 0 aromatic heterocycles. The highest BCUT2D eigenvalue weighted by Crippen LogP contribution is 2.23. The molecule has 0 aliphatic carbocycles. The predicted octanol–water partition coefficient (Wildman–Crippen LogP) is 1.75. The van der Waals surface area contributed by atoms with E-state index in [2.05, 4.69) is 6.92 Å². The van der Waals surface area contributed by atoms with Crippen LogP contribution in [0.15, 0.2) is 24.3 Å². The molecule has 0 radical (unpaired) electrons. The van der Waals surface area contributed by atoms with Gasteiger partial charge in [0.15, 0.2) is 0 Å². The number of hydrogen-bond acceptors (Lipinski definition) is 3. The topological polar surface area (TPSA) is 55.6 Å². The number of carbonyl (C=O) groups excluding carboxylic acids is 1. The standard InChI is InChI=1S/C15H22N2O2/c1-11(12-3-5-14(19-2)6-4-12)9-15(18)17-8-7-13(16)10-17/h3-6,11,13H,7-10,16H2,1-2H3/t11?,13-/m0/s1. The van der Waals surface area contributed by atoms with Crippen molar-refractivity contribution in [3.8, 4) is 5.75 Å². The van der Waals surface area contributed by atoms with Crippen molar-refractivity contribution in [2.75, 3.05) is 20.2 Å². The number of ether oxygens (including phenoxy) is 1. The van der Waals surface area contributed by atoms with Gasteiger partial charge in [0.05, 0.1) is 7.11 Å². The Balaban J connectivity index is 1.92. The Hall–Kier alpha value is -1.55. The fourth-order valence-corrected chi connectivity index (χ4v) is 2.46. The highest BCUT2D eigenvalue weighted by Gasteiger charge is 2.24. The lowest BCUT2D eigenvalue weighted by Crippen LogP contribution is -2.32. The van der Waals surface area contributed by atoms with Crippen LogP contribution in [0.2, 0.25) is 0 Å². The highest BCUT2D eigenvalue weighted by molar-refractivity contribution is 5.77. The third-order valence-corrected chi connectivity index (χ3v) is 3.74. The zero-order chi connectivity index (χ0) is 13.8. The van der Waals surface area contributed by atoms with Crippen molar-refractivity contribution in [2.24, 2.45) is 5.73 Å². The Morgan fingerprint density at radius 3 is 2.68 bits per heavy atom. The summed E-state index contributed by atoms with van der Waals surface area (Å²) in [6.45, 7) is 3.58. The summed E-state index contributed by atoms with van der Waals surface area (Å²) in [5.41, 5.74) is 6.99. The lowest BCUT2D eigenvalue weighted by molar-refractivity contribution is -0.130. The molecule has 2 rings (SSSR count).